The minimum Gasteiger partial charge on any atom is -0.385 e. The maximum absolute atomic E-state index is 12.0. The van der Waals surface area contributed by atoms with Gasteiger partial charge in [-0.25, -0.2) is 8.78 Å². The van der Waals surface area contributed by atoms with Crippen LogP contribution in [0.4, 0.5) is 8.78 Å². The third-order valence-electron chi connectivity index (χ3n) is 1.99. The Bertz CT molecular complexity index is 406. The Morgan fingerprint density at radius 2 is 2.11 bits per heavy atom. The molecule has 1 aromatic carbocycles. The second-order valence-electron chi connectivity index (χ2n) is 3.42. The highest BCUT2D eigenvalue weighted by Crippen LogP contribution is 2.26. The van der Waals surface area contributed by atoms with Crippen LogP contribution in [0.2, 0.25) is 5.02 Å². The largest absolute Gasteiger partial charge is 0.385 e. The van der Waals surface area contributed by atoms with Crippen LogP contribution in [0.3, 0.4) is 0 Å². The van der Waals surface area contributed by atoms with Crippen LogP contribution in [0.15, 0.2) is 29.2 Å². The second-order valence-corrected chi connectivity index (χ2v) is 4.85. The van der Waals surface area contributed by atoms with Crippen molar-refractivity contribution in [2.24, 2.45) is 0 Å². The van der Waals surface area contributed by atoms with Crippen molar-refractivity contribution in [3.05, 3.63) is 29.3 Å². The van der Waals surface area contributed by atoms with Gasteiger partial charge in [0, 0.05) is 11.4 Å². The Morgan fingerprint density at radius 1 is 1.44 bits per heavy atom. The highest BCUT2D eigenvalue weighted by atomic mass is 35.5. The van der Waals surface area contributed by atoms with Crippen LogP contribution >= 0.6 is 23.4 Å². The zero-order valence-corrected chi connectivity index (χ0v) is 10.8. The summed E-state index contributed by atoms with van der Waals surface area (Å²) in [5.41, 5.74) is 0. The topological polar surface area (TPSA) is 49.3 Å². The van der Waals surface area contributed by atoms with E-state index in [-0.39, 0.29) is 5.75 Å². The van der Waals surface area contributed by atoms with E-state index in [0.717, 1.165) is 4.90 Å². The zero-order chi connectivity index (χ0) is 13.5. The van der Waals surface area contributed by atoms with Crippen molar-refractivity contribution in [2.75, 3.05) is 12.3 Å². The molecule has 2 N–H and O–H groups in total. The quantitative estimate of drug-likeness (QED) is 0.791. The number of rotatable bonds is 6. The summed E-state index contributed by atoms with van der Waals surface area (Å²) in [6.07, 6.45) is -4.69. The summed E-state index contributed by atoms with van der Waals surface area (Å²) < 4.78 is 23.9. The number of hydrogen-bond acceptors (Lipinski definition) is 3. The molecule has 0 bridgehead atoms. The Morgan fingerprint density at radius 3 is 2.72 bits per heavy atom. The number of carbonyl (C=O) groups is 1. The van der Waals surface area contributed by atoms with E-state index < -0.39 is 25.0 Å². The van der Waals surface area contributed by atoms with E-state index in [1.165, 1.54) is 11.8 Å². The first-order chi connectivity index (χ1) is 8.50. The van der Waals surface area contributed by atoms with E-state index in [1.807, 2.05) is 0 Å². The summed E-state index contributed by atoms with van der Waals surface area (Å²) in [4.78, 5) is 12.1. The van der Waals surface area contributed by atoms with Gasteiger partial charge >= 0.3 is 0 Å². The molecule has 1 amide bonds. The van der Waals surface area contributed by atoms with E-state index >= 15 is 0 Å². The highest BCUT2D eigenvalue weighted by Gasteiger charge is 2.17. The van der Waals surface area contributed by atoms with E-state index in [2.05, 4.69) is 5.32 Å². The summed E-state index contributed by atoms with van der Waals surface area (Å²) in [5, 5.41) is 11.6. The lowest BCUT2D eigenvalue weighted by Gasteiger charge is -2.10. The fourth-order valence-electron chi connectivity index (χ4n) is 1.06. The fourth-order valence-corrected chi connectivity index (χ4v) is 2.13. The minimum absolute atomic E-state index is 0.0552. The van der Waals surface area contributed by atoms with Crippen LogP contribution in [0, 0.1) is 0 Å². The van der Waals surface area contributed by atoms with E-state index in [0.29, 0.717) is 5.02 Å². The predicted octanol–water partition coefficient (Wildman–Crippen LogP) is 2.17. The van der Waals surface area contributed by atoms with Gasteiger partial charge < -0.3 is 10.4 Å². The Labute approximate surface area is 113 Å². The molecule has 0 saturated carbocycles. The van der Waals surface area contributed by atoms with Crippen LogP contribution in [0.1, 0.15) is 0 Å². The molecule has 1 aromatic rings. The summed E-state index contributed by atoms with van der Waals surface area (Å²) in [6, 6.07) is 7.01. The van der Waals surface area contributed by atoms with E-state index in [9.17, 15) is 13.6 Å². The normalized spacial score (nSPS) is 12.5. The van der Waals surface area contributed by atoms with Crippen LogP contribution in [0.25, 0.3) is 0 Å². The van der Waals surface area contributed by atoms with Gasteiger partial charge in [0.2, 0.25) is 5.91 Å². The molecule has 0 spiro atoms. The summed E-state index contributed by atoms with van der Waals surface area (Å²) >= 11 is 7.09. The van der Waals surface area contributed by atoms with Crippen LogP contribution < -0.4 is 5.32 Å². The molecule has 0 aromatic heterocycles. The Balaban J connectivity index is 2.32. The van der Waals surface area contributed by atoms with E-state index in [4.69, 9.17) is 16.7 Å². The molecule has 3 nitrogen and oxygen atoms in total. The molecule has 0 saturated heterocycles. The van der Waals surface area contributed by atoms with Gasteiger partial charge in [0.05, 0.1) is 10.8 Å². The molecule has 0 aliphatic carbocycles. The average molecular weight is 296 g/mol. The molecule has 0 fully saturated rings. The molecule has 0 radical (unpaired) electrons. The van der Waals surface area contributed by atoms with Gasteiger partial charge in [0.1, 0.15) is 6.10 Å². The first kappa shape index (κ1) is 15.2. The lowest BCUT2D eigenvalue weighted by Crippen LogP contribution is -2.36. The molecule has 0 aliphatic rings. The summed E-state index contributed by atoms with van der Waals surface area (Å²) in [7, 11) is 0. The SMILES string of the molecule is O=C(CSc1ccccc1Cl)NCC(O)C(F)F. The Kier molecular flexibility index (Phi) is 6.38. The average Bonchev–Trinajstić information content (AvgIpc) is 2.34. The molecule has 1 rings (SSSR count). The van der Waals surface area contributed by atoms with Gasteiger partial charge in [-0.1, -0.05) is 23.7 Å². The molecule has 100 valence electrons. The number of thioether (sulfide) groups is 1. The molecule has 1 atom stereocenters. The number of benzene rings is 1. The van der Waals surface area contributed by atoms with Crippen molar-refractivity contribution in [3.8, 4) is 0 Å². The van der Waals surface area contributed by atoms with Gasteiger partial charge in [0.15, 0.2) is 0 Å². The molecule has 18 heavy (non-hydrogen) atoms. The van der Waals surface area contributed by atoms with Gasteiger partial charge in [-0.15, -0.1) is 11.8 Å². The number of alkyl halides is 2. The van der Waals surface area contributed by atoms with Crippen LogP contribution in [0.5, 0.6) is 0 Å². The monoisotopic (exact) mass is 295 g/mol. The summed E-state index contributed by atoms with van der Waals surface area (Å²) in [5.74, 6) is -0.376. The second kappa shape index (κ2) is 7.56. The molecule has 0 heterocycles. The smallest absolute Gasteiger partial charge is 0.265 e. The molecule has 1 unspecified atom stereocenters. The van der Waals surface area contributed by atoms with Gasteiger partial charge in [0.25, 0.3) is 6.43 Å². The first-order valence-corrected chi connectivity index (χ1v) is 6.47. The Hall–Kier alpha value is -0.850. The molecular formula is C11H12ClF2NO2S. The zero-order valence-electron chi connectivity index (χ0n) is 9.28. The number of amides is 1. The third kappa shape index (κ3) is 5.20. The standard InChI is InChI=1S/C11H12ClF2NO2S/c12-7-3-1-2-4-9(7)18-6-10(17)15-5-8(16)11(13)14/h1-4,8,11,16H,5-6H2,(H,15,17). The van der Waals surface area contributed by atoms with Gasteiger partial charge in [-0.2, -0.15) is 0 Å². The lowest BCUT2D eigenvalue weighted by molar-refractivity contribution is -0.119. The lowest BCUT2D eigenvalue weighted by atomic mass is 10.4. The van der Waals surface area contributed by atoms with Crippen molar-refractivity contribution >= 4 is 29.3 Å². The van der Waals surface area contributed by atoms with Gasteiger partial charge in [-0.3, -0.25) is 4.79 Å². The number of aliphatic hydroxyl groups excluding tert-OH is 1. The molecule has 7 heteroatoms. The van der Waals surface area contributed by atoms with Crippen molar-refractivity contribution in [3.63, 3.8) is 0 Å². The van der Waals surface area contributed by atoms with E-state index in [1.54, 1.807) is 24.3 Å². The van der Waals surface area contributed by atoms with Gasteiger partial charge in [-0.05, 0) is 12.1 Å². The molecule has 0 aliphatic heterocycles. The number of halogens is 3. The number of carbonyl (C=O) groups excluding carboxylic acids is 1. The number of aliphatic hydroxyl groups is 1. The first-order valence-electron chi connectivity index (χ1n) is 5.11. The number of hydrogen-bond donors (Lipinski definition) is 2. The highest BCUT2D eigenvalue weighted by molar-refractivity contribution is 8.00. The van der Waals surface area contributed by atoms with Crippen molar-refractivity contribution < 1.29 is 18.7 Å². The minimum atomic E-state index is -2.86. The van der Waals surface area contributed by atoms with Crippen molar-refractivity contribution in [1.29, 1.82) is 0 Å². The van der Waals surface area contributed by atoms with Crippen LogP contribution in [-0.4, -0.2) is 35.8 Å². The fraction of sp³-hybridized carbons (Fsp3) is 0.364. The third-order valence-corrected chi connectivity index (χ3v) is 3.51. The maximum atomic E-state index is 12.0. The maximum Gasteiger partial charge on any atom is 0.265 e. The van der Waals surface area contributed by atoms with Crippen molar-refractivity contribution in [1.82, 2.24) is 5.32 Å². The van der Waals surface area contributed by atoms with Crippen molar-refractivity contribution in [2.45, 2.75) is 17.4 Å². The molecular weight excluding hydrogens is 284 g/mol. The summed E-state index contributed by atoms with van der Waals surface area (Å²) in [6.45, 7) is -0.459. The number of nitrogens with one attached hydrogen (secondary N) is 1. The predicted molar refractivity (Wildman–Crippen MR) is 67.2 cm³/mol. The van der Waals surface area contributed by atoms with Crippen LogP contribution in [-0.2, 0) is 4.79 Å².